The van der Waals surface area contributed by atoms with Crippen LogP contribution in [0.5, 0.6) is 0 Å². The van der Waals surface area contributed by atoms with Crippen LogP contribution in [0.15, 0.2) is 46.9 Å². The standard InChI is InChI=1S/C23H28BrCl2N3O4S/c1-5-20(23(31)27-15(2)3)28(13-16-18(25)10-8-11-19(16)26)22(30)14-29(34(4,32)33)21-12-7-6-9-17(21)24/h6-12,15,20H,5,13-14H2,1-4H3,(H,27,31)/t20-/m1/s1. The molecular weight excluding hydrogens is 565 g/mol. The summed E-state index contributed by atoms with van der Waals surface area (Å²) in [6.07, 6.45) is 1.33. The van der Waals surface area contributed by atoms with E-state index in [0.29, 0.717) is 32.2 Å². The van der Waals surface area contributed by atoms with Gasteiger partial charge in [0.25, 0.3) is 0 Å². The van der Waals surface area contributed by atoms with Gasteiger partial charge in [0.2, 0.25) is 21.8 Å². The monoisotopic (exact) mass is 591 g/mol. The Morgan fingerprint density at radius 3 is 2.15 bits per heavy atom. The maximum atomic E-state index is 13.6. The number of anilines is 1. The number of halogens is 3. The zero-order valence-corrected chi connectivity index (χ0v) is 23.3. The molecule has 0 saturated heterocycles. The molecule has 11 heteroatoms. The maximum absolute atomic E-state index is 13.6. The van der Waals surface area contributed by atoms with Gasteiger partial charge in [-0.05, 0) is 60.5 Å². The quantitative estimate of drug-likeness (QED) is 0.427. The lowest BCUT2D eigenvalue weighted by molar-refractivity contribution is -0.140. The largest absolute Gasteiger partial charge is 0.352 e. The lowest BCUT2D eigenvalue weighted by Gasteiger charge is -2.33. The topological polar surface area (TPSA) is 86.8 Å². The van der Waals surface area contributed by atoms with E-state index in [4.69, 9.17) is 23.2 Å². The van der Waals surface area contributed by atoms with E-state index < -0.39 is 28.5 Å². The van der Waals surface area contributed by atoms with Gasteiger partial charge in [-0.1, -0.05) is 48.3 Å². The molecule has 2 aromatic rings. The minimum Gasteiger partial charge on any atom is -0.352 e. The molecule has 2 aromatic carbocycles. The predicted octanol–water partition coefficient (Wildman–Crippen LogP) is 4.85. The highest BCUT2D eigenvalue weighted by Crippen LogP contribution is 2.30. The number of para-hydroxylation sites is 1. The molecule has 0 bridgehead atoms. The number of sulfonamides is 1. The number of benzene rings is 2. The Morgan fingerprint density at radius 2 is 1.65 bits per heavy atom. The SMILES string of the molecule is CC[C@H](C(=O)NC(C)C)N(Cc1c(Cl)cccc1Cl)C(=O)CN(c1ccccc1Br)S(C)(=O)=O. The van der Waals surface area contributed by atoms with E-state index in [1.54, 1.807) is 49.4 Å². The minimum atomic E-state index is -3.83. The molecule has 7 nitrogen and oxygen atoms in total. The van der Waals surface area contributed by atoms with E-state index in [1.807, 2.05) is 13.8 Å². The van der Waals surface area contributed by atoms with Gasteiger partial charge in [-0.25, -0.2) is 8.42 Å². The smallest absolute Gasteiger partial charge is 0.244 e. The zero-order valence-electron chi connectivity index (χ0n) is 19.4. The molecule has 0 aliphatic carbocycles. The van der Waals surface area contributed by atoms with Gasteiger partial charge >= 0.3 is 0 Å². The third-order valence-corrected chi connectivity index (χ3v) is 7.51. The van der Waals surface area contributed by atoms with E-state index in [0.717, 1.165) is 10.6 Å². The molecule has 34 heavy (non-hydrogen) atoms. The summed E-state index contributed by atoms with van der Waals surface area (Å²) in [6.45, 7) is 4.85. The number of nitrogens with one attached hydrogen (secondary N) is 1. The van der Waals surface area contributed by atoms with E-state index in [1.165, 1.54) is 4.90 Å². The summed E-state index contributed by atoms with van der Waals surface area (Å²) in [6, 6.07) is 10.7. The molecule has 0 spiro atoms. The first-order valence-electron chi connectivity index (χ1n) is 10.6. The van der Waals surface area contributed by atoms with Crippen molar-refractivity contribution in [2.45, 2.75) is 45.8 Å². The number of nitrogens with zero attached hydrogens (tertiary/aromatic N) is 2. The van der Waals surface area contributed by atoms with Crippen LogP contribution in [0.25, 0.3) is 0 Å². The first kappa shape index (κ1) is 28.4. The Balaban J connectivity index is 2.52. The number of rotatable bonds is 10. The molecular formula is C23H28BrCl2N3O4S. The number of carbonyl (C=O) groups excluding carboxylic acids is 2. The highest BCUT2D eigenvalue weighted by Gasteiger charge is 2.33. The second-order valence-electron chi connectivity index (χ2n) is 8.03. The molecule has 0 radical (unpaired) electrons. The lowest BCUT2D eigenvalue weighted by Crippen LogP contribution is -2.53. The Labute approximate surface area is 219 Å². The van der Waals surface area contributed by atoms with Crippen LogP contribution in [0.4, 0.5) is 5.69 Å². The molecule has 2 amide bonds. The minimum absolute atomic E-state index is 0.0606. The molecule has 1 atom stereocenters. The van der Waals surface area contributed by atoms with E-state index >= 15 is 0 Å². The van der Waals surface area contributed by atoms with E-state index in [-0.39, 0.29) is 18.5 Å². The van der Waals surface area contributed by atoms with Crippen LogP contribution >= 0.6 is 39.1 Å². The number of carbonyl (C=O) groups is 2. The van der Waals surface area contributed by atoms with Crippen molar-refractivity contribution in [1.82, 2.24) is 10.2 Å². The van der Waals surface area contributed by atoms with Gasteiger partial charge < -0.3 is 10.2 Å². The van der Waals surface area contributed by atoms with Crippen molar-refractivity contribution in [1.29, 1.82) is 0 Å². The first-order chi connectivity index (χ1) is 15.9. The third kappa shape index (κ3) is 7.34. The summed E-state index contributed by atoms with van der Waals surface area (Å²) in [7, 11) is -3.83. The molecule has 0 aliphatic heterocycles. The van der Waals surface area contributed by atoms with E-state index in [9.17, 15) is 18.0 Å². The lowest BCUT2D eigenvalue weighted by atomic mass is 10.1. The summed E-state index contributed by atoms with van der Waals surface area (Å²) >= 11 is 16.1. The van der Waals surface area contributed by atoms with Gasteiger partial charge in [0.1, 0.15) is 12.6 Å². The van der Waals surface area contributed by atoms with Gasteiger partial charge in [0, 0.05) is 32.7 Å². The Morgan fingerprint density at radius 1 is 1.06 bits per heavy atom. The van der Waals surface area contributed by atoms with Crippen LogP contribution in [-0.4, -0.2) is 50.0 Å². The fraction of sp³-hybridized carbons (Fsp3) is 0.391. The molecule has 0 fully saturated rings. The Hall–Kier alpha value is -1.81. The van der Waals surface area contributed by atoms with Crippen molar-refractivity contribution in [3.63, 3.8) is 0 Å². The van der Waals surface area contributed by atoms with Crippen molar-refractivity contribution >= 4 is 66.7 Å². The second kappa shape index (κ2) is 12.2. The molecule has 1 N–H and O–H groups in total. The van der Waals surface area contributed by atoms with Crippen LogP contribution in [-0.2, 0) is 26.2 Å². The highest BCUT2D eigenvalue weighted by atomic mass is 79.9. The average molecular weight is 593 g/mol. The average Bonchev–Trinajstić information content (AvgIpc) is 2.73. The van der Waals surface area contributed by atoms with Crippen molar-refractivity contribution < 1.29 is 18.0 Å². The number of hydrogen-bond donors (Lipinski definition) is 1. The summed E-state index contributed by atoms with van der Waals surface area (Å²) in [5, 5.41) is 3.52. The van der Waals surface area contributed by atoms with Crippen LogP contribution in [0, 0.1) is 0 Å². The summed E-state index contributed by atoms with van der Waals surface area (Å²) < 4.78 is 26.8. The first-order valence-corrected chi connectivity index (χ1v) is 14.0. The van der Waals surface area contributed by atoms with E-state index in [2.05, 4.69) is 21.2 Å². The zero-order chi connectivity index (χ0) is 25.6. The fourth-order valence-corrected chi connectivity index (χ4v) is 5.40. The Bertz CT molecular complexity index is 1120. The summed E-state index contributed by atoms with van der Waals surface area (Å²) in [5.74, 6) is -0.913. The molecule has 0 saturated carbocycles. The molecule has 0 aliphatic rings. The fourth-order valence-electron chi connectivity index (χ4n) is 3.40. The van der Waals surface area contributed by atoms with Gasteiger partial charge in [0.15, 0.2) is 0 Å². The molecule has 186 valence electrons. The second-order valence-corrected chi connectivity index (χ2v) is 11.6. The van der Waals surface area contributed by atoms with Gasteiger partial charge in [-0.15, -0.1) is 0 Å². The van der Waals surface area contributed by atoms with Crippen LogP contribution < -0.4 is 9.62 Å². The van der Waals surface area contributed by atoms with Crippen LogP contribution in [0.2, 0.25) is 10.0 Å². The molecule has 2 rings (SSSR count). The highest BCUT2D eigenvalue weighted by molar-refractivity contribution is 9.10. The molecule has 0 heterocycles. The van der Waals surface area contributed by atoms with Crippen molar-refractivity contribution in [2.24, 2.45) is 0 Å². The van der Waals surface area contributed by atoms with Gasteiger partial charge in [0.05, 0.1) is 11.9 Å². The van der Waals surface area contributed by atoms with Crippen LogP contribution in [0.3, 0.4) is 0 Å². The van der Waals surface area contributed by atoms with Gasteiger partial charge in [-0.3, -0.25) is 13.9 Å². The van der Waals surface area contributed by atoms with Crippen molar-refractivity contribution in [3.8, 4) is 0 Å². The summed E-state index contributed by atoms with van der Waals surface area (Å²) in [5.41, 5.74) is 0.788. The normalized spacial score (nSPS) is 12.4. The van der Waals surface area contributed by atoms with Gasteiger partial charge in [-0.2, -0.15) is 0 Å². The third-order valence-electron chi connectivity index (χ3n) is 5.01. The predicted molar refractivity (Wildman–Crippen MR) is 141 cm³/mol. The van der Waals surface area contributed by atoms with Crippen molar-refractivity contribution in [2.75, 3.05) is 17.1 Å². The molecule has 0 unspecified atom stereocenters. The Kier molecular flexibility index (Phi) is 10.2. The maximum Gasteiger partial charge on any atom is 0.244 e. The number of hydrogen-bond acceptors (Lipinski definition) is 4. The number of amides is 2. The summed E-state index contributed by atoms with van der Waals surface area (Å²) in [4.78, 5) is 28.0. The van der Waals surface area contributed by atoms with Crippen LogP contribution in [0.1, 0.15) is 32.8 Å². The van der Waals surface area contributed by atoms with Crippen molar-refractivity contribution in [3.05, 3.63) is 62.5 Å². The molecule has 0 aromatic heterocycles.